The van der Waals surface area contributed by atoms with Gasteiger partial charge in [-0.05, 0) is 36.2 Å². The van der Waals surface area contributed by atoms with Gasteiger partial charge < -0.3 is 13.9 Å². The molecule has 0 saturated carbocycles. The van der Waals surface area contributed by atoms with Crippen molar-refractivity contribution in [3.63, 3.8) is 0 Å². The molecule has 0 bridgehead atoms. The van der Waals surface area contributed by atoms with Crippen molar-refractivity contribution in [3.8, 4) is 5.75 Å². The molecule has 8 nitrogen and oxygen atoms in total. The van der Waals surface area contributed by atoms with Gasteiger partial charge in [-0.25, -0.2) is 0 Å². The molecule has 0 fully saturated rings. The van der Waals surface area contributed by atoms with Crippen LogP contribution in [0.2, 0.25) is 0 Å². The third kappa shape index (κ3) is 7.00. The van der Waals surface area contributed by atoms with Crippen molar-refractivity contribution < 1.29 is 28.4 Å². The summed E-state index contributed by atoms with van der Waals surface area (Å²) in [5.74, 6) is -0.0172. The average molecular weight is 359 g/mol. The highest BCUT2D eigenvalue weighted by atomic mass is 16.6. The number of rotatable bonds is 9. The SMILES string of the molecule is O=C(CCCC(=O)Oc1ccc(/C=C/[N+](=O)[O-])cc1)OCc1ccco1. The summed E-state index contributed by atoms with van der Waals surface area (Å²) in [5.41, 5.74) is 0.612. The zero-order chi connectivity index (χ0) is 18.8. The number of benzene rings is 1. The molecule has 136 valence electrons. The number of furan rings is 1. The van der Waals surface area contributed by atoms with Crippen LogP contribution in [0, 0.1) is 10.1 Å². The number of esters is 2. The number of hydrogen-bond acceptors (Lipinski definition) is 7. The molecular formula is C18H17NO7. The molecule has 0 unspecified atom stereocenters. The lowest BCUT2D eigenvalue weighted by atomic mass is 10.2. The fraction of sp³-hybridized carbons (Fsp3) is 0.222. The number of hydrogen-bond donors (Lipinski definition) is 0. The van der Waals surface area contributed by atoms with E-state index in [2.05, 4.69) is 0 Å². The van der Waals surface area contributed by atoms with Crippen LogP contribution in [0.5, 0.6) is 5.75 Å². The van der Waals surface area contributed by atoms with Crippen molar-refractivity contribution in [2.45, 2.75) is 25.9 Å². The monoisotopic (exact) mass is 359 g/mol. The second-order valence-corrected chi connectivity index (χ2v) is 5.24. The van der Waals surface area contributed by atoms with E-state index in [1.165, 1.54) is 24.5 Å². The van der Waals surface area contributed by atoms with Crippen LogP contribution in [0.15, 0.2) is 53.3 Å². The Morgan fingerprint density at radius 1 is 1.12 bits per heavy atom. The molecule has 0 radical (unpaired) electrons. The predicted octanol–water partition coefficient (Wildman–Crippen LogP) is 3.35. The smallest absolute Gasteiger partial charge is 0.311 e. The Kier molecular flexibility index (Phi) is 7.11. The third-order valence-electron chi connectivity index (χ3n) is 3.22. The molecule has 1 heterocycles. The number of carbonyl (C=O) groups excluding carboxylic acids is 2. The quantitative estimate of drug-likeness (QED) is 0.292. The lowest BCUT2D eigenvalue weighted by molar-refractivity contribution is -0.400. The number of nitro groups is 1. The van der Waals surface area contributed by atoms with Crippen LogP contribution in [-0.2, 0) is 20.9 Å². The summed E-state index contributed by atoms with van der Waals surface area (Å²) in [4.78, 5) is 33.0. The second-order valence-electron chi connectivity index (χ2n) is 5.24. The van der Waals surface area contributed by atoms with Gasteiger partial charge >= 0.3 is 11.9 Å². The van der Waals surface area contributed by atoms with E-state index in [9.17, 15) is 19.7 Å². The van der Waals surface area contributed by atoms with Gasteiger partial charge in [0.25, 0.3) is 0 Å². The van der Waals surface area contributed by atoms with E-state index >= 15 is 0 Å². The first-order chi connectivity index (χ1) is 12.5. The molecular weight excluding hydrogens is 342 g/mol. The van der Waals surface area contributed by atoms with Gasteiger partial charge in [-0.15, -0.1) is 0 Å². The minimum absolute atomic E-state index is 0.0630. The van der Waals surface area contributed by atoms with E-state index in [1.54, 1.807) is 24.3 Å². The Morgan fingerprint density at radius 3 is 2.50 bits per heavy atom. The van der Waals surface area contributed by atoms with Gasteiger partial charge in [-0.3, -0.25) is 19.7 Å². The van der Waals surface area contributed by atoms with Crippen LogP contribution < -0.4 is 4.74 Å². The molecule has 1 aromatic heterocycles. The van der Waals surface area contributed by atoms with Gasteiger partial charge in [0, 0.05) is 18.9 Å². The number of carbonyl (C=O) groups is 2. The summed E-state index contributed by atoms with van der Waals surface area (Å²) < 4.78 is 15.2. The van der Waals surface area contributed by atoms with Crippen molar-refractivity contribution >= 4 is 18.0 Å². The maximum Gasteiger partial charge on any atom is 0.311 e. The molecule has 0 saturated heterocycles. The topological polar surface area (TPSA) is 109 Å². The van der Waals surface area contributed by atoms with Crippen molar-refractivity contribution in [1.82, 2.24) is 0 Å². The second kappa shape index (κ2) is 9.77. The molecule has 0 atom stereocenters. The maximum atomic E-state index is 11.7. The minimum Gasteiger partial charge on any atom is -0.466 e. The fourth-order valence-corrected chi connectivity index (χ4v) is 1.97. The van der Waals surface area contributed by atoms with E-state index in [0.29, 0.717) is 23.5 Å². The third-order valence-corrected chi connectivity index (χ3v) is 3.22. The van der Waals surface area contributed by atoms with Crippen LogP contribution in [0.1, 0.15) is 30.6 Å². The maximum absolute atomic E-state index is 11.7. The molecule has 2 rings (SSSR count). The summed E-state index contributed by atoms with van der Waals surface area (Å²) in [6.07, 6.45) is 4.12. The summed E-state index contributed by atoms with van der Waals surface area (Å²) in [6.45, 7) is 0.0630. The van der Waals surface area contributed by atoms with Crippen LogP contribution >= 0.6 is 0 Å². The van der Waals surface area contributed by atoms with Gasteiger partial charge in [-0.1, -0.05) is 12.1 Å². The average Bonchev–Trinajstić information content (AvgIpc) is 3.13. The molecule has 1 aromatic carbocycles. The fourth-order valence-electron chi connectivity index (χ4n) is 1.97. The molecule has 0 aliphatic carbocycles. The van der Waals surface area contributed by atoms with Crippen molar-refractivity contribution in [1.29, 1.82) is 0 Å². The van der Waals surface area contributed by atoms with Gasteiger partial charge in [0.2, 0.25) is 6.20 Å². The van der Waals surface area contributed by atoms with Crippen LogP contribution in [0.3, 0.4) is 0 Å². The summed E-state index contributed by atoms with van der Waals surface area (Å²) >= 11 is 0. The summed E-state index contributed by atoms with van der Waals surface area (Å²) in [5, 5.41) is 10.2. The van der Waals surface area contributed by atoms with Crippen LogP contribution in [-0.4, -0.2) is 16.9 Å². The highest BCUT2D eigenvalue weighted by Crippen LogP contribution is 2.14. The first kappa shape index (κ1) is 18.9. The lowest BCUT2D eigenvalue weighted by Gasteiger charge is -2.05. The van der Waals surface area contributed by atoms with Gasteiger partial charge in [0.1, 0.15) is 18.1 Å². The Bertz CT molecular complexity index is 763. The minimum atomic E-state index is -0.562. The highest BCUT2D eigenvalue weighted by Gasteiger charge is 2.09. The normalized spacial score (nSPS) is 10.6. The molecule has 8 heteroatoms. The van der Waals surface area contributed by atoms with E-state index in [0.717, 1.165) is 6.20 Å². The molecule has 0 N–H and O–H groups in total. The largest absolute Gasteiger partial charge is 0.466 e. The Morgan fingerprint density at radius 2 is 1.85 bits per heavy atom. The van der Waals surface area contributed by atoms with E-state index in [-0.39, 0.29) is 19.4 Å². The van der Waals surface area contributed by atoms with Crippen molar-refractivity contribution in [2.24, 2.45) is 0 Å². The Hall–Kier alpha value is -3.42. The van der Waals surface area contributed by atoms with Gasteiger partial charge in [-0.2, -0.15) is 0 Å². The van der Waals surface area contributed by atoms with Gasteiger partial charge in [0.05, 0.1) is 11.2 Å². The summed E-state index contributed by atoms with van der Waals surface area (Å²) in [6, 6.07) is 9.65. The van der Waals surface area contributed by atoms with Crippen molar-refractivity contribution in [2.75, 3.05) is 0 Å². The predicted molar refractivity (Wildman–Crippen MR) is 90.5 cm³/mol. The van der Waals surface area contributed by atoms with Crippen LogP contribution in [0.25, 0.3) is 6.08 Å². The molecule has 0 amide bonds. The Balaban J connectivity index is 1.66. The van der Waals surface area contributed by atoms with E-state index in [1.807, 2.05) is 0 Å². The molecule has 0 aliphatic rings. The van der Waals surface area contributed by atoms with Gasteiger partial charge in [0.15, 0.2) is 0 Å². The van der Waals surface area contributed by atoms with E-state index < -0.39 is 16.9 Å². The standard InChI is InChI=1S/C18H17NO7/c20-17(25-13-16-3-2-12-24-16)4-1-5-18(21)26-15-8-6-14(7-9-15)10-11-19(22)23/h2-3,6-12H,1,4-5,13H2/b11-10+. The molecule has 26 heavy (non-hydrogen) atoms. The van der Waals surface area contributed by atoms with E-state index in [4.69, 9.17) is 13.9 Å². The number of nitrogens with zero attached hydrogens (tertiary/aromatic N) is 1. The first-order valence-corrected chi connectivity index (χ1v) is 7.83. The Labute approximate surface area is 149 Å². The zero-order valence-corrected chi connectivity index (χ0v) is 13.8. The highest BCUT2D eigenvalue weighted by molar-refractivity contribution is 5.74. The summed E-state index contributed by atoms with van der Waals surface area (Å²) in [7, 11) is 0. The zero-order valence-electron chi connectivity index (χ0n) is 13.8. The lowest BCUT2D eigenvalue weighted by Crippen LogP contribution is -2.10. The van der Waals surface area contributed by atoms with Crippen LogP contribution in [0.4, 0.5) is 0 Å². The number of ether oxygens (including phenoxy) is 2. The molecule has 2 aromatic rings. The molecule has 0 aliphatic heterocycles. The first-order valence-electron chi connectivity index (χ1n) is 7.83. The van der Waals surface area contributed by atoms with Crippen molar-refractivity contribution in [3.05, 3.63) is 70.3 Å². The molecule has 0 spiro atoms.